The Morgan fingerprint density at radius 1 is 1.12 bits per heavy atom. The summed E-state index contributed by atoms with van der Waals surface area (Å²) in [5, 5.41) is 0. The van der Waals surface area contributed by atoms with E-state index in [4.69, 9.17) is 0 Å². The molecule has 0 amide bonds. The molecule has 17 heavy (non-hydrogen) atoms. The molecule has 1 rings (SSSR count). The molecule has 5 heteroatoms. The fourth-order valence-electron chi connectivity index (χ4n) is 1.52. The molecule has 1 aromatic heterocycles. The van der Waals surface area contributed by atoms with Crippen molar-refractivity contribution in [3.8, 4) is 0 Å². The number of hydrogen-bond acceptors (Lipinski definition) is 2. The van der Waals surface area contributed by atoms with Crippen molar-refractivity contribution in [2.45, 2.75) is 52.1 Å². The summed E-state index contributed by atoms with van der Waals surface area (Å²) in [5.41, 5.74) is -0.182. The molecule has 0 bridgehead atoms. The average Bonchev–Trinajstić information content (AvgIpc) is 2.14. The van der Waals surface area contributed by atoms with E-state index in [1.54, 1.807) is 0 Å². The van der Waals surface area contributed by atoms with E-state index >= 15 is 0 Å². The number of halogens is 3. The van der Waals surface area contributed by atoms with Gasteiger partial charge in [0.25, 0.3) is 0 Å². The first-order valence-corrected chi connectivity index (χ1v) is 5.48. The molecule has 0 fully saturated rings. The lowest BCUT2D eigenvalue weighted by Gasteiger charge is -2.23. The van der Waals surface area contributed by atoms with E-state index in [2.05, 4.69) is 9.97 Å². The van der Waals surface area contributed by atoms with Gasteiger partial charge < -0.3 is 0 Å². The molecule has 2 nitrogen and oxygen atoms in total. The van der Waals surface area contributed by atoms with Gasteiger partial charge in [0.05, 0.1) is 17.6 Å². The Morgan fingerprint density at radius 3 is 2.00 bits per heavy atom. The fourth-order valence-corrected chi connectivity index (χ4v) is 1.52. The van der Waals surface area contributed by atoms with Crippen molar-refractivity contribution < 1.29 is 13.2 Å². The number of nitrogens with zero attached hydrogens (tertiary/aromatic N) is 2. The van der Waals surface area contributed by atoms with E-state index in [1.165, 1.54) is 0 Å². The summed E-state index contributed by atoms with van der Waals surface area (Å²) < 4.78 is 37.7. The van der Waals surface area contributed by atoms with Crippen LogP contribution in [0.5, 0.6) is 0 Å². The van der Waals surface area contributed by atoms with Crippen molar-refractivity contribution >= 4 is 0 Å². The first-order valence-electron chi connectivity index (χ1n) is 5.48. The van der Waals surface area contributed by atoms with E-state index in [0.717, 1.165) is 6.20 Å². The number of rotatable bonds is 1. The molecular formula is C12H17F3N2. The number of alkyl halides is 3. The Kier molecular flexibility index (Phi) is 3.50. The van der Waals surface area contributed by atoms with Crippen molar-refractivity contribution in [1.29, 1.82) is 0 Å². The Bertz CT molecular complexity index is 403. The molecule has 0 aliphatic carbocycles. The summed E-state index contributed by atoms with van der Waals surface area (Å²) in [6, 6.07) is 0. The van der Waals surface area contributed by atoms with E-state index < -0.39 is 11.9 Å². The van der Waals surface area contributed by atoms with Crippen LogP contribution in [0.1, 0.15) is 57.6 Å². The van der Waals surface area contributed by atoms with E-state index in [0.29, 0.717) is 11.4 Å². The van der Waals surface area contributed by atoms with Crippen molar-refractivity contribution in [3.05, 3.63) is 23.3 Å². The van der Waals surface area contributed by atoms with E-state index in [1.807, 2.05) is 34.6 Å². The Morgan fingerprint density at radius 2 is 1.65 bits per heavy atom. The monoisotopic (exact) mass is 246 g/mol. The molecule has 1 aromatic rings. The molecule has 0 aliphatic rings. The van der Waals surface area contributed by atoms with Crippen LogP contribution in [0.2, 0.25) is 0 Å². The zero-order valence-electron chi connectivity index (χ0n) is 10.7. The van der Waals surface area contributed by atoms with Crippen LogP contribution in [-0.4, -0.2) is 9.97 Å². The van der Waals surface area contributed by atoms with Crippen LogP contribution in [0.25, 0.3) is 0 Å². The van der Waals surface area contributed by atoms with Gasteiger partial charge in [0.15, 0.2) is 5.69 Å². The second-order valence-electron chi connectivity index (χ2n) is 5.39. The van der Waals surface area contributed by atoms with Gasteiger partial charge in [0.1, 0.15) is 0 Å². The highest BCUT2D eigenvalue weighted by atomic mass is 19.4. The highest BCUT2D eigenvalue weighted by Gasteiger charge is 2.35. The quantitative estimate of drug-likeness (QED) is 0.750. The normalized spacial score (nSPS) is 13.2. The number of aromatic nitrogens is 2. The molecule has 0 saturated heterocycles. The van der Waals surface area contributed by atoms with E-state index in [9.17, 15) is 13.2 Å². The van der Waals surface area contributed by atoms with Gasteiger partial charge in [0.2, 0.25) is 0 Å². The van der Waals surface area contributed by atoms with E-state index in [-0.39, 0.29) is 11.3 Å². The molecule has 0 atom stereocenters. The minimum absolute atomic E-state index is 0.0842. The van der Waals surface area contributed by atoms with Gasteiger partial charge in [-0.3, -0.25) is 4.98 Å². The highest BCUT2D eigenvalue weighted by molar-refractivity contribution is 5.24. The summed E-state index contributed by atoms with van der Waals surface area (Å²) >= 11 is 0. The third kappa shape index (κ3) is 3.17. The molecule has 1 heterocycles. The zero-order chi connectivity index (χ0) is 13.4. The molecule has 0 N–H and O–H groups in total. The van der Waals surface area contributed by atoms with Gasteiger partial charge in [-0.1, -0.05) is 34.6 Å². The average molecular weight is 246 g/mol. The standard InChI is InChI=1S/C12H17F3N2/c1-7(2)9-10(11(3,4)5)16-6-8(17-9)12(13,14)15/h6-7H,1-5H3. The predicted molar refractivity (Wildman–Crippen MR) is 59.8 cm³/mol. The maximum atomic E-state index is 12.6. The molecule has 0 radical (unpaired) electrons. The highest BCUT2D eigenvalue weighted by Crippen LogP contribution is 2.32. The SMILES string of the molecule is CC(C)c1nc(C(F)(F)F)cnc1C(C)(C)C. The maximum Gasteiger partial charge on any atom is 0.434 e. The van der Waals surface area contributed by atoms with Crippen molar-refractivity contribution in [2.75, 3.05) is 0 Å². The lowest BCUT2D eigenvalue weighted by Crippen LogP contribution is -2.21. The van der Waals surface area contributed by atoms with Crippen LogP contribution in [-0.2, 0) is 11.6 Å². The Balaban J connectivity index is 3.38. The van der Waals surface area contributed by atoms with Crippen LogP contribution in [0.15, 0.2) is 6.20 Å². The molecule has 96 valence electrons. The maximum absolute atomic E-state index is 12.6. The fraction of sp³-hybridized carbons (Fsp3) is 0.667. The zero-order valence-corrected chi connectivity index (χ0v) is 10.7. The largest absolute Gasteiger partial charge is 0.434 e. The Hall–Kier alpha value is -1.13. The van der Waals surface area contributed by atoms with Gasteiger partial charge in [-0.15, -0.1) is 0 Å². The summed E-state index contributed by atoms with van der Waals surface area (Å²) in [6.45, 7) is 9.38. The second-order valence-corrected chi connectivity index (χ2v) is 5.39. The molecule has 0 spiro atoms. The van der Waals surface area contributed by atoms with Gasteiger partial charge >= 0.3 is 6.18 Å². The first kappa shape index (κ1) is 13.9. The van der Waals surface area contributed by atoms with Gasteiger partial charge in [-0.25, -0.2) is 4.98 Å². The molecule has 0 aliphatic heterocycles. The summed E-state index contributed by atoms with van der Waals surface area (Å²) in [5.74, 6) is -0.0842. The summed E-state index contributed by atoms with van der Waals surface area (Å²) in [4.78, 5) is 7.68. The number of hydrogen-bond donors (Lipinski definition) is 0. The van der Waals surface area contributed by atoms with Gasteiger partial charge in [0, 0.05) is 5.41 Å². The lowest BCUT2D eigenvalue weighted by molar-refractivity contribution is -0.141. The predicted octanol–water partition coefficient (Wildman–Crippen LogP) is 3.92. The molecule has 0 aromatic carbocycles. The molecule has 0 saturated carbocycles. The van der Waals surface area contributed by atoms with Gasteiger partial charge in [-0.05, 0) is 5.92 Å². The van der Waals surface area contributed by atoms with Crippen LogP contribution in [0.3, 0.4) is 0 Å². The summed E-state index contributed by atoms with van der Waals surface area (Å²) in [7, 11) is 0. The molecular weight excluding hydrogens is 229 g/mol. The van der Waals surface area contributed by atoms with Crippen LogP contribution < -0.4 is 0 Å². The summed E-state index contributed by atoms with van der Waals surface area (Å²) in [6.07, 6.45) is -3.63. The van der Waals surface area contributed by atoms with Crippen LogP contribution in [0.4, 0.5) is 13.2 Å². The second kappa shape index (κ2) is 4.27. The minimum atomic E-state index is -4.44. The topological polar surface area (TPSA) is 25.8 Å². The third-order valence-corrected chi connectivity index (χ3v) is 2.35. The van der Waals surface area contributed by atoms with Crippen LogP contribution >= 0.6 is 0 Å². The first-order chi connectivity index (χ1) is 7.53. The van der Waals surface area contributed by atoms with Gasteiger partial charge in [-0.2, -0.15) is 13.2 Å². The lowest BCUT2D eigenvalue weighted by atomic mass is 9.87. The Labute approximate surface area is 99.3 Å². The third-order valence-electron chi connectivity index (χ3n) is 2.35. The van der Waals surface area contributed by atoms with Crippen molar-refractivity contribution in [1.82, 2.24) is 9.97 Å². The molecule has 0 unspecified atom stereocenters. The smallest absolute Gasteiger partial charge is 0.257 e. The van der Waals surface area contributed by atoms with Crippen molar-refractivity contribution in [2.24, 2.45) is 0 Å². The van der Waals surface area contributed by atoms with Crippen LogP contribution in [0, 0.1) is 0 Å². The van der Waals surface area contributed by atoms with Crippen molar-refractivity contribution in [3.63, 3.8) is 0 Å². The minimum Gasteiger partial charge on any atom is -0.257 e.